The van der Waals surface area contributed by atoms with Crippen molar-refractivity contribution in [2.75, 3.05) is 14.1 Å². The van der Waals surface area contributed by atoms with Crippen LogP contribution in [0.25, 0.3) is 0 Å². The first-order valence-electron chi connectivity index (χ1n) is 5.42. The van der Waals surface area contributed by atoms with E-state index in [-0.39, 0.29) is 0 Å². The van der Waals surface area contributed by atoms with Crippen LogP contribution in [0.4, 0.5) is 0 Å². The fourth-order valence-electron chi connectivity index (χ4n) is 2.55. The van der Waals surface area contributed by atoms with E-state index in [9.17, 15) is 0 Å². The summed E-state index contributed by atoms with van der Waals surface area (Å²) in [6.07, 6.45) is 6.04. The summed E-state index contributed by atoms with van der Waals surface area (Å²) in [5, 5.41) is 0. The smallest absolute Gasteiger partial charge is 0.00944 e. The molecule has 0 unspecified atom stereocenters. The van der Waals surface area contributed by atoms with Crippen LogP contribution in [-0.4, -0.2) is 25.0 Å². The van der Waals surface area contributed by atoms with Crippen molar-refractivity contribution in [2.45, 2.75) is 45.6 Å². The first-order valence-corrected chi connectivity index (χ1v) is 5.42. The molecule has 3 fully saturated rings. The Bertz CT molecular complexity index is 115. The van der Waals surface area contributed by atoms with Crippen molar-refractivity contribution in [2.24, 2.45) is 11.8 Å². The van der Waals surface area contributed by atoms with Gasteiger partial charge in [-0.1, -0.05) is 13.8 Å². The van der Waals surface area contributed by atoms with Crippen molar-refractivity contribution in [1.29, 1.82) is 0 Å². The molecule has 0 N–H and O–H groups in total. The first-order chi connectivity index (χ1) is 5.75. The molecule has 72 valence electrons. The van der Waals surface area contributed by atoms with Gasteiger partial charge in [0.25, 0.3) is 0 Å². The molecule has 3 aliphatic carbocycles. The molecular weight excluding hydrogens is 146 g/mol. The van der Waals surface area contributed by atoms with E-state index in [4.69, 9.17) is 0 Å². The number of nitrogens with zero attached hydrogens (tertiary/aromatic N) is 1. The Morgan fingerprint density at radius 1 is 0.833 bits per heavy atom. The van der Waals surface area contributed by atoms with Crippen LogP contribution in [0, 0.1) is 11.8 Å². The van der Waals surface area contributed by atoms with E-state index >= 15 is 0 Å². The van der Waals surface area contributed by atoms with Gasteiger partial charge in [-0.05, 0) is 51.6 Å². The van der Waals surface area contributed by atoms with Crippen molar-refractivity contribution in [3.63, 3.8) is 0 Å². The van der Waals surface area contributed by atoms with Gasteiger partial charge in [0.2, 0.25) is 0 Å². The van der Waals surface area contributed by atoms with Crippen molar-refractivity contribution in [1.82, 2.24) is 4.90 Å². The summed E-state index contributed by atoms with van der Waals surface area (Å²) >= 11 is 0. The van der Waals surface area contributed by atoms with E-state index in [2.05, 4.69) is 19.0 Å². The molecule has 0 radical (unpaired) electrons. The summed E-state index contributed by atoms with van der Waals surface area (Å²) in [5.41, 5.74) is 0. The molecule has 0 atom stereocenters. The van der Waals surface area contributed by atoms with E-state index < -0.39 is 0 Å². The van der Waals surface area contributed by atoms with E-state index in [0.717, 1.165) is 17.9 Å². The van der Waals surface area contributed by atoms with Gasteiger partial charge in [0.1, 0.15) is 0 Å². The fourth-order valence-corrected chi connectivity index (χ4v) is 2.55. The maximum absolute atomic E-state index is 2.40. The van der Waals surface area contributed by atoms with Crippen LogP contribution >= 0.6 is 0 Å². The number of fused-ring (bicyclic) bond motifs is 2. The van der Waals surface area contributed by atoms with Gasteiger partial charge >= 0.3 is 0 Å². The minimum atomic E-state index is 0.914. The Labute approximate surface area is 77.1 Å². The quantitative estimate of drug-likeness (QED) is 0.583. The predicted molar refractivity (Wildman–Crippen MR) is 54.3 cm³/mol. The summed E-state index contributed by atoms with van der Waals surface area (Å²) in [4.78, 5) is 2.40. The van der Waals surface area contributed by atoms with Crippen LogP contribution in [0.2, 0.25) is 0 Å². The van der Waals surface area contributed by atoms with E-state index in [1.54, 1.807) is 12.8 Å². The van der Waals surface area contributed by atoms with E-state index in [1.165, 1.54) is 12.8 Å². The SMILES string of the molecule is CC.CN(C)C1CC2CC(C2)C1. The molecule has 3 aliphatic rings. The lowest BCUT2D eigenvalue weighted by Crippen LogP contribution is -2.43. The van der Waals surface area contributed by atoms with Gasteiger partial charge in [-0.2, -0.15) is 0 Å². The van der Waals surface area contributed by atoms with Gasteiger partial charge < -0.3 is 4.90 Å². The molecule has 0 saturated heterocycles. The fraction of sp³-hybridized carbons (Fsp3) is 1.00. The summed E-state index contributed by atoms with van der Waals surface area (Å²) in [7, 11) is 4.44. The lowest BCUT2D eigenvalue weighted by atomic mass is 9.63. The van der Waals surface area contributed by atoms with E-state index in [1.807, 2.05) is 13.8 Å². The lowest BCUT2D eigenvalue weighted by Gasteiger charge is -2.47. The Morgan fingerprint density at radius 3 is 1.50 bits per heavy atom. The Balaban J connectivity index is 0.000000336. The van der Waals surface area contributed by atoms with Gasteiger partial charge in [0.05, 0.1) is 0 Å². The molecule has 2 bridgehead atoms. The number of hydrogen-bond acceptors (Lipinski definition) is 1. The zero-order valence-electron chi connectivity index (χ0n) is 9.01. The second-order valence-corrected chi connectivity index (χ2v) is 4.29. The zero-order chi connectivity index (χ0) is 9.14. The standard InChI is InChI=1S/C9H17N.C2H6/c1-10(2)9-5-7-3-8(4-7)6-9;1-2/h7-9H,3-6H2,1-2H3;1-2H3. The van der Waals surface area contributed by atoms with Crippen LogP contribution in [0.5, 0.6) is 0 Å². The largest absolute Gasteiger partial charge is 0.306 e. The normalized spacial score (nSPS) is 38.2. The van der Waals surface area contributed by atoms with Crippen LogP contribution in [-0.2, 0) is 0 Å². The van der Waals surface area contributed by atoms with Crippen molar-refractivity contribution in [3.8, 4) is 0 Å². The minimum Gasteiger partial charge on any atom is -0.306 e. The third-order valence-corrected chi connectivity index (χ3v) is 3.27. The average molecular weight is 169 g/mol. The van der Waals surface area contributed by atoms with Crippen molar-refractivity contribution >= 4 is 0 Å². The molecule has 0 spiro atoms. The molecule has 3 rings (SSSR count). The predicted octanol–water partition coefficient (Wildman–Crippen LogP) is 2.76. The van der Waals surface area contributed by atoms with Gasteiger partial charge in [0.15, 0.2) is 0 Å². The average Bonchev–Trinajstić information content (AvgIpc) is 2.07. The minimum absolute atomic E-state index is 0.914. The summed E-state index contributed by atoms with van der Waals surface area (Å²) in [5.74, 6) is 2.21. The van der Waals surface area contributed by atoms with Crippen molar-refractivity contribution in [3.05, 3.63) is 0 Å². The van der Waals surface area contributed by atoms with Gasteiger partial charge in [-0.25, -0.2) is 0 Å². The topological polar surface area (TPSA) is 3.24 Å². The molecule has 0 amide bonds. The molecule has 0 aromatic rings. The summed E-state index contributed by atoms with van der Waals surface area (Å²) in [6.45, 7) is 4.00. The highest BCUT2D eigenvalue weighted by molar-refractivity contribution is 4.91. The Morgan fingerprint density at radius 2 is 1.25 bits per heavy atom. The highest BCUT2D eigenvalue weighted by atomic mass is 15.1. The molecule has 0 aromatic carbocycles. The molecule has 1 heteroatoms. The van der Waals surface area contributed by atoms with Crippen LogP contribution < -0.4 is 0 Å². The number of rotatable bonds is 1. The second-order valence-electron chi connectivity index (χ2n) is 4.29. The molecule has 1 nitrogen and oxygen atoms in total. The molecule has 0 aromatic heterocycles. The van der Waals surface area contributed by atoms with Crippen molar-refractivity contribution < 1.29 is 0 Å². The van der Waals surface area contributed by atoms with Crippen LogP contribution in [0.3, 0.4) is 0 Å². The molecular formula is C11H23N. The monoisotopic (exact) mass is 169 g/mol. The molecule has 0 aliphatic heterocycles. The van der Waals surface area contributed by atoms with Gasteiger partial charge in [0, 0.05) is 6.04 Å². The first kappa shape index (κ1) is 10.0. The maximum Gasteiger partial charge on any atom is 0.00944 e. The zero-order valence-corrected chi connectivity index (χ0v) is 9.01. The van der Waals surface area contributed by atoms with Crippen LogP contribution in [0.1, 0.15) is 39.5 Å². The summed E-state index contributed by atoms with van der Waals surface area (Å²) < 4.78 is 0. The Hall–Kier alpha value is -0.0400. The highest BCUT2D eigenvalue weighted by Crippen LogP contribution is 2.46. The Kier molecular flexibility index (Phi) is 3.57. The third kappa shape index (κ3) is 2.01. The van der Waals surface area contributed by atoms with Crippen LogP contribution in [0.15, 0.2) is 0 Å². The van der Waals surface area contributed by atoms with Gasteiger partial charge in [-0.3, -0.25) is 0 Å². The third-order valence-electron chi connectivity index (χ3n) is 3.27. The second kappa shape index (κ2) is 4.27. The van der Waals surface area contributed by atoms with Gasteiger partial charge in [-0.15, -0.1) is 0 Å². The highest BCUT2D eigenvalue weighted by Gasteiger charge is 2.38. The molecule has 0 heterocycles. The maximum atomic E-state index is 2.40. The number of hydrogen-bond donors (Lipinski definition) is 0. The molecule has 12 heavy (non-hydrogen) atoms. The lowest BCUT2D eigenvalue weighted by molar-refractivity contribution is 0.0451. The molecule has 3 saturated carbocycles. The van der Waals surface area contributed by atoms with E-state index in [0.29, 0.717) is 0 Å². The summed E-state index contributed by atoms with van der Waals surface area (Å²) in [6, 6.07) is 0.914.